The van der Waals surface area contributed by atoms with E-state index in [1.807, 2.05) is 36.6 Å². The van der Waals surface area contributed by atoms with Gasteiger partial charge in [0.1, 0.15) is 6.04 Å². The summed E-state index contributed by atoms with van der Waals surface area (Å²) in [6.07, 6.45) is 1.18. The van der Waals surface area contributed by atoms with Gasteiger partial charge >= 0.3 is 0 Å². The van der Waals surface area contributed by atoms with Crippen LogP contribution in [0.4, 0.5) is 5.69 Å². The van der Waals surface area contributed by atoms with E-state index in [0.717, 1.165) is 11.3 Å². The number of piperidine rings is 1. The van der Waals surface area contributed by atoms with Crippen molar-refractivity contribution in [1.29, 1.82) is 0 Å². The Kier molecular flexibility index (Phi) is 4.24. The fourth-order valence-corrected chi connectivity index (χ4v) is 3.36. The molecule has 4 nitrogen and oxygen atoms in total. The third kappa shape index (κ3) is 3.36. The molecule has 0 spiro atoms. The van der Waals surface area contributed by atoms with Gasteiger partial charge in [0.25, 0.3) is 0 Å². The van der Waals surface area contributed by atoms with E-state index in [2.05, 4.69) is 22.1 Å². The summed E-state index contributed by atoms with van der Waals surface area (Å²) in [5.74, 6) is 0.0420. The minimum atomic E-state index is -0.437. The molecule has 0 radical (unpaired) electrons. The zero-order valence-electron chi connectivity index (χ0n) is 12.3. The summed E-state index contributed by atoms with van der Waals surface area (Å²) < 4.78 is 0. The summed E-state index contributed by atoms with van der Waals surface area (Å²) in [7, 11) is 0. The summed E-state index contributed by atoms with van der Waals surface area (Å²) in [6, 6.07) is 9.38. The van der Waals surface area contributed by atoms with E-state index in [0.29, 0.717) is 12.8 Å². The Morgan fingerprint density at radius 1 is 1.23 bits per heavy atom. The smallest absolute Gasteiger partial charge is 0.246 e. The topological polar surface area (TPSA) is 58.2 Å². The average molecular weight is 314 g/mol. The molecular formula is C17H18N2O2S. The van der Waals surface area contributed by atoms with Crippen LogP contribution in [0.1, 0.15) is 19.8 Å². The van der Waals surface area contributed by atoms with E-state index < -0.39 is 6.04 Å². The first-order valence-corrected chi connectivity index (χ1v) is 8.29. The monoisotopic (exact) mass is 314 g/mol. The predicted octanol–water partition coefficient (Wildman–Crippen LogP) is 3.27. The van der Waals surface area contributed by atoms with Gasteiger partial charge in [-0.2, -0.15) is 11.3 Å². The van der Waals surface area contributed by atoms with Crippen LogP contribution in [-0.2, 0) is 9.59 Å². The largest absolute Gasteiger partial charge is 0.344 e. The van der Waals surface area contributed by atoms with Crippen LogP contribution in [0, 0.1) is 5.92 Å². The zero-order valence-corrected chi connectivity index (χ0v) is 13.2. The number of carbonyl (C=O) groups is 2. The van der Waals surface area contributed by atoms with E-state index in [1.165, 1.54) is 5.56 Å². The number of rotatable bonds is 3. The number of hydrogen-bond donors (Lipinski definition) is 2. The average Bonchev–Trinajstić information content (AvgIpc) is 3.01. The molecule has 1 fully saturated rings. The number of nitrogens with one attached hydrogen (secondary N) is 2. The molecule has 0 unspecified atom stereocenters. The zero-order chi connectivity index (χ0) is 15.5. The molecule has 1 saturated heterocycles. The van der Waals surface area contributed by atoms with Crippen molar-refractivity contribution in [3.8, 4) is 11.1 Å². The Labute approximate surface area is 133 Å². The fraction of sp³-hybridized carbons (Fsp3) is 0.294. The highest BCUT2D eigenvalue weighted by atomic mass is 32.1. The number of thiophene rings is 1. The van der Waals surface area contributed by atoms with Gasteiger partial charge < -0.3 is 10.6 Å². The second-order valence-corrected chi connectivity index (χ2v) is 6.52. The van der Waals surface area contributed by atoms with Crippen LogP contribution in [-0.4, -0.2) is 17.9 Å². The van der Waals surface area contributed by atoms with Crippen LogP contribution in [0.15, 0.2) is 41.1 Å². The molecule has 1 aromatic carbocycles. The molecule has 0 aliphatic carbocycles. The minimum Gasteiger partial charge on any atom is -0.344 e. The van der Waals surface area contributed by atoms with Crippen molar-refractivity contribution in [3.05, 3.63) is 41.1 Å². The van der Waals surface area contributed by atoms with Gasteiger partial charge in [0.05, 0.1) is 0 Å². The Bertz CT molecular complexity index is 664. The summed E-state index contributed by atoms with van der Waals surface area (Å²) in [6.45, 7) is 1.99. The SMILES string of the molecule is C[C@@H]1CC(=O)N[C@H](C(=O)Nc2ccc(-c3ccsc3)cc2)C1. The van der Waals surface area contributed by atoms with E-state index in [9.17, 15) is 9.59 Å². The van der Waals surface area contributed by atoms with Gasteiger partial charge in [-0.25, -0.2) is 0 Å². The number of hydrogen-bond acceptors (Lipinski definition) is 3. The second-order valence-electron chi connectivity index (χ2n) is 5.74. The summed E-state index contributed by atoms with van der Waals surface area (Å²) in [5.41, 5.74) is 3.05. The lowest BCUT2D eigenvalue weighted by atomic mass is 9.93. The Hall–Kier alpha value is -2.14. The second kappa shape index (κ2) is 6.32. The molecule has 5 heteroatoms. The lowest BCUT2D eigenvalue weighted by molar-refractivity contribution is -0.129. The Morgan fingerprint density at radius 3 is 2.64 bits per heavy atom. The van der Waals surface area contributed by atoms with Gasteiger partial charge in [0.2, 0.25) is 11.8 Å². The molecule has 3 rings (SSSR count). The molecular weight excluding hydrogens is 296 g/mol. The number of anilines is 1. The van der Waals surface area contributed by atoms with Crippen molar-refractivity contribution in [2.24, 2.45) is 5.92 Å². The van der Waals surface area contributed by atoms with Crippen molar-refractivity contribution in [2.45, 2.75) is 25.8 Å². The molecule has 1 aliphatic rings. The van der Waals surface area contributed by atoms with Crippen molar-refractivity contribution in [3.63, 3.8) is 0 Å². The van der Waals surface area contributed by atoms with Crippen LogP contribution in [0.2, 0.25) is 0 Å². The molecule has 22 heavy (non-hydrogen) atoms. The Balaban J connectivity index is 1.65. The van der Waals surface area contributed by atoms with Crippen molar-refractivity contribution in [2.75, 3.05) is 5.32 Å². The third-order valence-electron chi connectivity index (χ3n) is 3.83. The number of amides is 2. The van der Waals surface area contributed by atoms with Crippen LogP contribution in [0.25, 0.3) is 11.1 Å². The first kappa shape index (κ1) is 14.8. The van der Waals surface area contributed by atoms with Gasteiger partial charge in [-0.1, -0.05) is 19.1 Å². The molecule has 2 heterocycles. The molecule has 2 N–H and O–H groups in total. The van der Waals surface area contributed by atoms with Gasteiger partial charge in [-0.15, -0.1) is 0 Å². The van der Waals surface area contributed by atoms with Crippen molar-refractivity contribution >= 4 is 28.8 Å². The van der Waals surface area contributed by atoms with Gasteiger partial charge in [-0.05, 0) is 52.4 Å². The van der Waals surface area contributed by atoms with Gasteiger partial charge in [-0.3, -0.25) is 9.59 Å². The predicted molar refractivity (Wildman–Crippen MR) is 88.7 cm³/mol. The molecule has 0 bridgehead atoms. The molecule has 2 atom stereocenters. The van der Waals surface area contributed by atoms with Crippen LogP contribution in [0.5, 0.6) is 0 Å². The summed E-state index contributed by atoms with van der Waals surface area (Å²) >= 11 is 1.66. The van der Waals surface area contributed by atoms with Crippen LogP contribution >= 0.6 is 11.3 Å². The maximum Gasteiger partial charge on any atom is 0.246 e. The van der Waals surface area contributed by atoms with Crippen LogP contribution < -0.4 is 10.6 Å². The quantitative estimate of drug-likeness (QED) is 0.913. The molecule has 1 aromatic heterocycles. The van der Waals surface area contributed by atoms with E-state index in [4.69, 9.17) is 0 Å². The maximum absolute atomic E-state index is 12.2. The first-order valence-electron chi connectivity index (χ1n) is 7.34. The molecule has 0 saturated carbocycles. The van der Waals surface area contributed by atoms with E-state index in [1.54, 1.807) is 11.3 Å². The van der Waals surface area contributed by atoms with Gasteiger partial charge in [0.15, 0.2) is 0 Å². The lowest BCUT2D eigenvalue weighted by Gasteiger charge is -2.26. The molecule has 2 aromatic rings. The van der Waals surface area contributed by atoms with Gasteiger partial charge in [0, 0.05) is 12.1 Å². The van der Waals surface area contributed by atoms with E-state index in [-0.39, 0.29) is 17.7 Å². The summed E-state index contributed by atoms with van der Waals surface area (Å²) in [5, 5.41) is 9.75. The minimum absolute atomic E-state index is 0.0493. The first-order chi connectivity index (χ1) is 10.6. The maximum atomic E-state index is 12.2. The van der Waals surface area contributed by atoms with Crippen molar-refractivity contribution in [1.82, 2.24) is 5.32 Å². The fourth-order valence-electron chi connectivity index (χ4n) is 2.69. The molecule has 114 valence electrons. The highest BCUT2D eigenvalue weighted by Gasteiger charge is 2.28. The normalized spacial score (nSPS) is 21.2. The van der Waals surface area contributed by atoms with Crippen molar-refractivity contribution < 1.29 is 9.59 Å². The molecule has 2 amide bonds. The number of carbonyl (C=O) groups excluding carboxylic acids is 2. The standard InChI is InChI=1S/C17H18N2O2S/c1-11-8-15(19-16(20)9-11)17(21)18-14-4-2-12(3-5-14)13-6-7-22-10-13/h2-7,10-11,15H,8-9H2,1H3,(H,18,21)(H,19,20)/t11-,15-/m0/s1. The number of benzene rings is 1. The molecule has 1 aliphatic heterocycles. The van der Waals surface area contributed by atoms with Crippen LogP contribution in [0.3, 0.4) is 0 Å². The lowest BCUT2D eigenvalue weighted by Crippen LogP contribution is -2.48. The third-order valence-corrected chi connectivity index (χ3v) is 4.51. The summed E-state index contributed by atoms with van der Waals surface area (Å²) in [4.78, 5) is 23.8. The Morgan fingerprint density at radius 2 is 2.00 bits per heavy atom. The highest BCUT2D eigenvalue weighted by molar-refractivity contribution is 7.08. The highest BCUT2D eigenvalue weighted by Crippen LogP contribution is 2.24. The van der Waals surface area contributed by atoms with E-state index >= 15 is 0 Å².